The smallest absolute Gasteiger partial charge is 0.141 e. The number of ether oxygens (including phenoxy) is 1. The minimum absolute atomic E-state index is 0.0745. The lowest BCUT2D eigenvalue weighted by Gasteiger charge is -2.32. The Morgan fingerprint density at radius 2 is 1.33 bits per heavy atom. The van der Waals surface area contributed by atoms with Gasteiger partial charge >= 0.3 is 0 Å². The molecule has 0 amide bonds. The Hall–Kier alpha value is -1.64. The average molecular weight is 242 g/mol. The standard InChI is InChI=1S/C16H18O2/c1-2-18-16(13-17,14-9-5-3-6-10-14)15-11-7-4-8-12-15/h3-12,17H,2,13H2,1H3. The normalized spacial score (nSPS) is 11.4. The first-order valence-electron chi connectivity index (χ1n) is 6.19. The summed E-state index contributed by atoms with van der Waals surface area (Å²) in [5.74, 6) is 0. The first-order chi connectivity index (χ1) is 8.83. The number of hydrogen-bond acceptors (Lipinski definition) is 2. The lowest BCUT2D eigenvalue weighted by atomic mass is 9.87. The zero-order valence-electron chi connectivity index (χ0n) is 10.5. The van der Waals surface area contributed by atoms with Gasteiger partial charge in [0.05, 0.1) is 6.61 Å². The summed E-state index contributed by atoms with van der Waals surface area (Å²) >= 11 is 0. The summed E-state index contributed by atoms with van der Waals surface area (Å²) in [7, 11) is 0. The van der Waals surface area contributed by atoms with Crippen molar-refractivity contribution in [1.82, 2.24) is 0 Å². The van der Waals surface area contributed by atoms with Crippen LogP contribution in [0.1, 0.15) is 18.1 Å². The molecule has 2 heteroatoms. The molecule has 0 unspecified atom stereocenters. The van der Waals surface area contributed by atoms with Gasteiger partial charge in [0, 0.05) is 6.61 Å². The van der Waals surface area contributed by atoms with Crippen LogP contribution >= 0.6 is 0 Å². The van der Waals surface area contributed by atoms with Gasteiger partial charge in [-0.1, -0.05) is 60.7 Å². The fourth-order valence-electron chi connectivity index (χ4n) is 2.22. The minimum atomic E-state index is -0.767. The first-order valence-corrected chi connectivity index (χ1v) is 6.19. The molecule has 0 aliphatic heterocycles. The summed E-state index contributed by atoms with van der Waals surface area (Å²) in [5, 5.41) is 9.89. The summed E-state index contributed by atoms with van der Waals surface area (Å²) in [6, 6.07) is 19.7. The summed E-state index contributed by atoms with van der Waals surface area (Å²) in [6.45, 7) is 2.41. The van der Waals surface area contributed by atoms with E-state index in [-0.39, 0.29) is 6.61 Å². The van der Waals surface area contributed by atoms with Crippen molar-refractivity contribution < 1.29 is 9.84 Å². The quantitative estimate of drug-likeness (QED) is 0.873. The van der Waals surface area contributed by atoms with Crippen LogP contribution in [0.3, 0.4) is 0 Å². The van der Waals surface area contributed by atoms with E-state index in [0.29, 0.717) is 6.61 Å². The molecule has 2 nitrogen and oxygen atoms in total. The SMILES string of the molecule is CCOC(CO)(c1ccccc1)c1ccccc1. The van der Waals surface area contributed by atoms with Crippen LogP contribution in [0.15, 0.2) is 60.7 Å². The molecule has 1 N–H and O–H groups in total. The molecular weight excluding hydrogens is 224 g/mol. The molecule has 0 aliphatic carbocycles. The second-order valence-electron chi connectivity index (χ2n) is 4.15. The summed E-state index contributed by atoms with van der Waals surface area (Å²) in [5.41, 5.74) is 1.18. The number of hydrogen-bond donors (Lipinski definition) is 1. The summed E-state index contributed by atoms with van der Waals surface area (Å²) in [4.78, 5) is 0. The van der Waals surface area contributed by atoms with Crippen LogP contribution in [0.25, 0.3) is 0 Å². The predicted molar refractivity (Wildman–Crippen MR) is 72.4 cm³/mol. The van der Waals surface area contributed by atoms with Gasteiger partial charge in [0.1, 0.15) is 5.60 Å². The topological polar surface area (TPSA) is 29.5 Å². The van der Waals surface area contributed by atoms with Gasteiger partial charge in [0.25, 0.3) is 0 Å². The number of rotatable bonds is 5. The first kappa shape index (κ1) is 12.8. The third-order valence-corrected chi connectivity index (χ3v) is 3.09. The highest BCUT2D eigenvalue weighted by molar-refractivity contribution is 5.36. The minimum Gasteiger partial charge on any atom is -0.393 e. The van der Waals surface area contributed by atoms with Crippen LogP contribution in [0.4, 0.5) is 0 Å². The maximum absolute atomic E-state index is 9.89. The molecule has 0 saturated heterocycles. The molecule has 0 aliphatic rings. The van der Waals surface area contributed by atoms with Gasteiger partial charge in [-0.3, -0.25) is 0 Å². The van der Waals surface area contributed by atoms with Gasteiger partial charge in [0.15, 0.2) is 0 Å². The van der Waals surface area contributed by atoms with E-state index in [9.17, 15) is 5.11 Å². The Bertz CT molecular complexity index is 425. The third kappa shape index (κ3) is 2.30. The predicted octanol–water partition coefficient (Wildman–Crippen LogP) is 2.96. The molecule has 0 aromatic heterocycles. The van der Waals surface area contributed by atoms with Crippen molar-refractivity contribution in [3.8, 4) is 0 Å². The Kier molecular flexibility index (Phi) is 4.13. The fourth-order valence-corrected chi connectivity index (χ4v) is 2.22. The van der Waals surface area contributed by atoms with Crippen molar-refractivity contribution in [2.24, 2.45) is 0 Å². The van der Waals surface area contributed by atoms with Gasteiger partial charge in [-0.2, -0.15) is 0 Å². The van der Waals surface area contributed by atoms with E-state index < -0.39 is 5.60 Å². The van der Waals surface area contributed by atoms with Crippen molar-refractivity contribution >= 4 is 0 Å². The van der Waals surface area contributed by atoms with Crippen LogP contribution in [-0.4, -0.2) is 18.3 Å². The molecule has 94 valence electrons. The molecule has 0 saturated carbocycles. The Morgan fingerprint density at radius 3 is 1.67 bits per heavy atom. The van der Waals surface area contributed by atoms with Crippen LogP contribution in [-0.2, 0) is 10.3 Å². The molecular formula is C16H18O2. The van der Waals surface area contributed by atoms with Crippen LogP contribution in [0.5, 0.6) is 0 Å². The molecule has 2 aromatic carbocycles. The maximum Gasteiger partial charge on any atom is 0.141 e. The van der Waals surface area contributed by atoms with Crippen molar-refractivity contribution in [3.05, 3.63) is 71.8 Å². The average Bonchev–Trinajstić information content (AvgIpc) is 2.47. The van der Waals surface area contributed by atoms with E-state index in [2.05, 4.69) is 0 Å². The molecule has 2 aromatic rings. The third-order valence-electron chi connectivity index (χ3n) is 3.09. The summed E-state index contributed by atoms with van der Waals surface area (Å²) < 4.78 is 5.90. The molecule has 0 heterocycles. The van der Waals surface area contributed by atoms with Crippen LogP contribution in [0.2, 0.25) is 0 Å². The molecule has 18 heavy (non-hydrogen) atoms. The highest BCUT2D eigenvalue weighted by Gasteiger charge is 2.34. The fraction of sp³-hybridized carbons (Fsp3) is 0.250. The van der Waals surface area contributed by atoms with Crippen LogP contribution in [0, 0.1) is 0 Å². The lowest BCUT2D eigenvalue weighted by Crippen LogP contribution is -2.35. The zero-order chi connectivity index (χ0) is 12.8. The van der Waals surface area contributed by atoms with E-state index >= 15 is 0 Å². The monoisotopic (exact) mass is 242 g/mol. The number of aliphatic hydroxyl groups excluding tert-OH is 1. The van der Waals surface area contributed by atoms with Crippen molar-refractivity contribution in [1.29, 1.82) is 0 Å². The van der Waals surface area contributed by atoms with E-state index in [1.165, 1.54) is 0 Å². The summed E-state index contributed by atoms with van der Waals surface area (Å²) in [6.07, 6.45) is 0. The van der Waals surface area contributed by atoms with Gasteiger partial charge in [-0.05, 0) is 18.1 Å². The van der Waals surface area contributed by atoms with Crippen LogP contribution < -0.4 is 0 Å². The van der Waals surface area contributed by atoms with Gasteiger partial charge in [0.2, 0.25) is 0 Å². The Morgan fingerprint density at radius 1 is 0.889 bits per heavy atom. The molecule has 0 fully saturated rings. The molecule has 0 bridgehead atoms. The van der Waals surface area contributed by atoms with E-state index in [1.54, 1.807) is 0 Å². The highest BCUT2D eigenvalue weighted by atomic mass is 16.5. The second-order valence-corrected chi connectivity index (χ2v) is 4.15. The molecule has 0 radical (unpaired) electrons. The number of benzene rings is 2. The number of aliphatic hydroxyl groups is 1. The van der Waals surface area contributed by atoms with Crippen molar-refractivity contribution in [3.63, 3.8) is 0 Å². The Balaban J connectivity index is 2.53. The van der Waals surface area contributed by atoms with E-state index in [1.807, 2.05) is 67.6 Å². The lowest BCUT2D eigenvalue weighted by molar-refractivity contribution is -0.0496. The van der Waals surface area contributed by atoms with Crippen molar-refractivity contribution in [2.45, 2.75) is 12.5 Å². The highest BCUT2D eigenvalue weighted by Crippen LogP contribution is 2.33. The molecule has 0 spiro atoms. The maximum atomic E-state index is 9.89. The zero-order valence-corrected chi connectivity index (χ0v) is 10.5. The van der Waals surface area contributed by atoms with E-state index in [4.69, 9.17) is 4.74 Å². The Labute approximate surface area is 108 Å². The van der Waals surface area contributed by atoms with Gasteiger partial charge < -0.3 is 9.84 Å². The largest absolute Gasteiger partial charge is 0.393 e. The molecule has 0 atom stereocenters. The van der Waals surface area contributed by atoms with E-state index in [0.717, 1.165) is 11.1 Å². The van der Waals surface area contributed by atoms with Gasteiger partial charge in [-0.15, -0.1) is 0 Å². The van der Waals surface area contributed by atoms with Gasteiger partial charge in [-0.25, -0.2) is 0 Å². The second kappa shape index (κ2) is 5.80. The molecule has 2 rings (SSSR count). The van der Waals surface area contributed by atoms with Crippen molar-refractivity contribution in [2.75, 3.05) is 13.2 Å².